The van der Waals surface area contributed by atoms with Crippen LogP contribution < -0.4 is 10.2 Å². The summed E-state index contributed by atoms with van der Waals surface area (Å²) in [6.45, 7) is 9.09. The zero-order valence-electron chi connectivity index (χ0n) is 34.4. The minimum atomic E-state index is -1.84. The summed E-state index contributed by atoms with van der Waals surface area (Å²) in [5, 5.41) is 14.7. The number of aryl methyl sites for hydroxylation is 1. The van der Waals surface area contributed by atoms with Gasteiger partial charge in [0.05, 0.1) is 23.2 Å². The summed E-state index contributed by atoms with van der Waals surface area (Å²) in [7, 11) is 4.53. The van der Waals surface area contributed by atoms with Crippen molar-refractivity contribution < 1.29 is 52.8 Å². The van der Waals surface area contributed by atoms with Crippen molar-refractivity contribution in [1.29, 1.82) is 0 Å². The summed E-state index contributed by atoms with van der Waals surface area (Å²) in [4.78, 5) is 81.6. The third-order valence-electron chi connectivity index (χ3n) is 11.7. The first kappa shape index (κ1) is 44.5. The van der Waals surface area contributed by atoms with Crippen molar-refractivity contribution in [3.05, 3.63) is 64.2 Å². The quantitative estimate of drug-likeness (QED) is 0.148. The maximum absolute atomic E-state index is 14.2. The van der Waals surface area contributed by atoms with Gasteiger partial charge in [-0.05, 0) is 64.2 Å². The maximum atomic E-state index is 14.2. The van der Waals surface area contributed by atoms with Crippen LogP contribution in [-0.2, 0) is 49.3 Å². The van der Waals surface area contributed by atoms with E-state index in [1.807, 2.05) is 32.1 Å². The molecule has 0 spiro atoms. The van der Waals surface area contributed by atoms with Gasteiger partial charge in [0.2, 0.25) is 11.8 Å². The number of aliphatic hydroxyl groups is 1. The third-order valence-corrected chi connectivity index (χ3v) is 12.2. The number of carbonyl (C=O) groups excluding carboxylic acids is 6. The molecule has 4 aliphatic rings. The van der Waals surface area contributed by atoms with Crippen LogP contribution in [0.1, 0.15) is 77.3 Å². The lowest BCUT2D eigenvalue weighted by Gasteiger charge is -2.42. The van der Waals surface area contributed by atoms with E-state index in [-0.39, 0.29) is 43.5 Å². The average molecular weight is 827 g/mol. The van der Waals surface area contributed by atoms with Crippen molar-refractivity contribution in [2.75, 3.05) is 32.6 Å². The molecule has 2 N–H and O–H groups in total. The Labute approximate surface area is 344 Å². The predicted octanol–water partition coefficient (Wildman–Crippen LogP) is 4.30. The Balaban J connectivity index is 1.37. The van der Waals surface area contributed by atoms with E-state index in [0.717, 1.165) is 21.6 Å². The molecular formula is C42H55ClN4O11. The Morgan fingerprint density at radius 3 is 2.48 bits per heavy atom. The lowest BCUT2D eigenvalue weighted by atomic mass is 9.83. The number of nitrogens with one attached hydrogen (secondary N) is 1. The molecule has 4 heterocycles. The van der Waals surface area contributed by atoms with E-state index in [0.29, 0.717) is 36.4 Å². The molecule has 4 bridgehead atoms. The molecule has 16 heteroatoms. The van der Waals surface area contributed by atoms with Crippen LogP contribution >= 0.6 is 11.6 Å². The Morgan fingerprint density at radius 1 is 1.12 bits per heavy atom. The molecule has 0 radical (unpaired) electrons. The molecular weight excluding hydrogens is 772 g/mol. The van der Waals surface area contributed by atoms with Crippen molar-refractivity contribution in [1.82, 2.24) is 15.1 Å². The van der Waals surface area contributed by atoms with Crippen LogP contribution in [0.3, 0.4) is 0 Å². The fourth-order valence-electron chi connectivity index (χ4n) is 7.81. The van der Waals surface area contributed by atoms with Crippen LogP contribution in [0.15, 0.2) is 48.1 Å². The normalized spacial score (nSPS) is 30.8. The topological polar surface area (TPSA) is 185 Å². The summed E-state index contributed by atoms with van der Waals surface area (Å²) in [6, 6.07) is 2.74. The number of likely N-dealkylation sites (N-methyl/N-ethyl adjacent to an activating group) is 1. The van der Waals surface area contributed by atoms with E-state index in [2.05, 4.69) is 5.32 Å². The van der Waals surface area contributed by atoms with Gasteiger partial charge in [-0.1, -0.05) is 54.8 Å². The van der Waals surface area contributed by atoms with Crippen LogP contribution in [-0.4, -0.2) is 120 Å². The van der Waals surface area contributed by atoms with Crippen molar-refractivity contribution in [3.8, 4) is 0 Å². The minimum Gasteiger partial charge on any atom is -0.457 e. The SMILES string of the molecule is CO[C@@H]1/C=C/C=C(\C)Cc2cc(C)c(Cl)c(c2)N(C)C(=O)C[C@H](OC(=O)[C@H](C)N(C)C(=O)CCCCCN2C(=O)C=CC2=O)[C@]2(C)O[C@H]2[C@H](C)[C@@H]2C[C@@]1(O)NC(=O)O2. The van der Waals surface area contributed by atoms with E-state index in [4.69, 9.17) is 30.5 Å². The van der Waals surface area contributed by atoms with Gasteiger partial charge in [0, 0.05) is 58.7 Å². The van der Waals surface area contributed by atoms with E-state index < -0.39 is 65.7 Å². The first-order valence-electron chi connectivity index (χ1n) is 19.6. The number of rotatable bonds is 10. The number of allylic oxidation sites excluding steroid dienone is 3. The Morgan fingerprint density at radius 2 is 1.81 bits per heavy atom. The number of epoxide rings is 1. The van der Waals surface area contributed by atoms with Crippen molar-refractivity contribution in [2.24, 2.45) is 5.92 Å². The zero-order valence-corrected chi connectivity index (χ0v) is 35.2. The molecule has 4 aliphatic heterocycles. The first-order chi connectivity index (χ1) is 27.3. The highest BCUT2D eigenvalue weighted by Gasteiger charge is 2.64. The van der Waals surface area contributed by atoms with Gasteiger partial charge in [0.1, 0.15) is 30.0 Å². The van der Waals surface area contributed by atoms with Gasteiger partial charge >= 0.3 is 12.1 Å². The Kier molecular flexibility index (Phi) is 13.9. The third kappa shape index (κ3) is 9.82. The van der Waals surface area contributed by atoms with Crippen LogP contribution in [0.4, 0.5) is 10.5 Å². The molecule has 15 nitrogen and oxygen atoms in total. The molecule has 316 valence electrons. The number of anilines is 1. The molecule has 8 atom stereocenters. The van der Waals surface area contributed by atoms with Crippen molar-refractivity contribution in [2.45, 2.75) is 121 Å². The van der Waals surface area contributed by atoms with Gasteiger partial charge in [-0.25, -0.2) is 9.59 Å². The van der Waals surface area contributed by atoms with Crippen molar-refractivity contribution in [3.63, 3.8) is 0 Å². The van der Waals surface area contributed by atoms with Gasteiger partial charge in [0.15, 0.2) is 5.72 Å². The highest BCUT2D eigenvalue weighted by molar-refractivity contribution is 6.34. The number of hydrogen-bond donors (Lipinski definition) is 2. The smallest absolute Gasteiger partial charge is 0.409 e. The predicted molar refractivity (Wildman–Crippen MR) is 213 cm³/mol. The molecule has 58 heavy (non-hydrogen) atoms. The monoisotopic (exact) mass is 826 g/mol. The van der Waals surface area contributed by atoms with Crippen molar-refractivity contribution >= 4 is 53.0 Å². The zero-order chi connectivity index (χ0) is 42.7. The number of carbonyl (C=O) groups is 6. The number of halogens is 1. The molecule has 2 saturated heterocycles. The molecule has 0 aliphatic carbocycles. The number of hydrogen-bond acceptors (Lipinski definition) is 11. The summed E-state index contributed by atoms with van der Waals surface area (Å²) >= 11 is 6.78. The molecule has 1 aromatic carbocycles. The average Bonchev–Trinajstić information content (AvgIpc) is 3.77. The van der Waals surface area contributed by atoms with Gasteiger partial charge in [-0.2, -0.15) is 0 Å². The van der Waals surface area contributed by atoms with Crippen LogP contribution in [0.25, 0.3) is 0 Å². The molecule has 1 aromatic rings. The van der Waals surface area contributed by atoms with Crippen LogP contribution in [0.2, 0.25) is 5.02 Å². The number of imide groups is 1. The van der Waals surface area contributed by atoms with Crippen LogP contribution in [0.5, 0.6) is 0 Å². The number of amides is 5. The van der Waals surface area contributed by atoms with E-state index >= 15 is 0 Å². The van der Waals surface area contributed by atoms with E-state index in [1.54, 1.807) is 33.0 Å². The lowest BCUT2D eigenvalue weighted by Crippen LogP contribution is -2.63. The number of methoxy groups -OCH3 is 1. The Bertz CT molecular complexity index is 1880. The molecule has 5 amide bonds. The highest BCUT2D eigenvalue weighted by atomic mass is 35.5. The number of benzene rings is 1. The molecule has 0 unspecified atom stereocenters. The minimum absolute atomic E-state index is 0.0627. The van der Waals surface area contributed by atoms with Gasteiger partial charge in [0.25, 0.3) is 11.8 Å². The van der Waals surface area contributed by atoms with E-state index in [9.17, 15) is 33.9 Å². The number of unbranched alkanes of at least 4 members (excludes halogenated alkanes) is 2. The second-order valence-electron chi connectivity index (χ2n) is 16.0. The Hall–Kier alpha value is -4.57. The number of nitrogens with zero attached hydrogens (tertiary/aromatic N) is 3. The maximum Gasteiger partial charge on any atom is 0.409 e. The fraction of sp³-hybridized carbons (Fsp3) is 0.571. The van der Waals surface area contributed by atoms with Crippen LogP contribution in [0, 0.1) is 12.8 Å². The lowest BCUT2D eigenvalue weighted by molar-refractivity contribution is -0.162. The molecule has 2 fully saturated rings. The number of ether oxygens (including phenoxy) is 4. The standard InChI is InChI=1S/C42H55ClN4O11/c1-24-13-12-14-31(55-8)42(54)23-30(56-40(53)44-42)26(3)38-41(5,58-38)32(22-36(51)46(7)29-21-28(19-24)20-25(2)37(29)43)57-39(52)27(4)45(6)33(48)15-10-9-11-18-47-34(49)16-17-35(47)50/h12-14,16-17,20-21,26-27,30-32,38,54H,9-11,15,18-19,22-23H2,1-8H3,(H,44,53)/b14-12+,24-13+/t26-,27+,30+,31-,32+,38+,41+,42+/m1/s1. The fourth-order valence-corrected chi connectivity index (χ4v) is 8.04. The number of alkyl carbamates (subject to hydrolysis) is 1. The molecule has 0 saturated carbocycles. The summed E-state index contributed by atoms with van der Waals surface area (Å²) in [5.41, 5.74) is 0.0183. The second kappa shape index (κ2) is 18.1. The molecule has 5 rings (SSSR count). The first-order valence-corrected chi connectivity index (χ1v) is 20.0. The summed E-state index contributed by atoms with van der Waals surface area (Å²) in [5.74, 6) is -2.73. The largest absolute Gasteiger partial charge is 0.457 e. The van der Waals surface area contributed by atoms with E-state index in [1.165, 1.54) is 43.0 Å². The molecule has 0 aromatic heterocycles. The van der Waals surface area contributed by atoms with Gasteiger partial charge in [-0.3, -0.25) is 29.4 Å². The van der Waals surface area contributed by atoms with Gasteiger partial charge in [-0.15, -0.1) is 0 Å². The number of esters is 1. The number of fused-ring (bicyclic) bond motifs is 5. The summed E-state index contributed by atoms with van der Waals surface area (Å²) in [6.07, 6.45) is 5.11. The van der Waals surface area contributed by atoms with Gasteiger partial charge < -0.3 is 33.9 Å². The second-order valence-corrected chi connectivity index (χ2v) is 16.4. The summed E-state index contributed by atoms with van der Waals surface area (Å²) < 4.78 is 23.7. The highest BCUT2D eigenvalue weighted by Crippen LogP contribution is 2.49.